The summed E-state index contributed by atoms with van der Waals surface area (Å²) in [6.45, 7) is 2.49. The van der Waals surface area contributed by atoms with Gasteiger partial charge in [-0.3, -0.25) is 4.68 Å². The first-order valence-electron chi connectivity index (χ1n) is 6.22. The summed E-state index contributed by atoms with van der Waals surface area (Å²) in [5.41, 5.74) is 7.94. The zero-order valence-electron chi connectivity index (χ0n) is 11.1. The quantitative estimate of drug-likeness (QED) is 0.916. The maximum atomic E-state index is 6.17. The van der Waals surface area contributed by atoms with Crippen LogP contribution in [0, 0.1) is 0 Å². The SMILES string of the molecule is C[C@@H](N)c1ccc(OCCc2ccnn2C)c(Cl)c1. The molecule has 2 N–H and O–H groups in total. The molecule has 0 saturated heterocycles. The van der Waals surface area contributed by atoms with Crippen LogP contribution in [-0.2, 0) is 13.5 Å². The van der Waals surface area contributed by atoms with E-state index in [9.17, 15) is 0 Å². The summed E-state index contributed by atoms with van der Waals surface area (Å²) in [6.07, 6.45) is 2.57. The molecule has 0 aliphatic carbocycles. The Morgan fingerprint density at radius 1 is 1.42 bits per heavy atom. The molecule has 0 aliphatic rings. The highest BCUT2D eigenvalue weighted by molar-refractivity contribution is 6.32. The normalized spacial score (nSPS) is 12.4. The maximum absolute atomic E-state index is 6.17. The molecule has 0 aliphatic heterocycles. The van der Waals surface area contributed by atoms with E-state index in [2.05, 4.69) is 5.10 Å². The zero-order chi connectivity index (χ0) is 13.8. The van der Waals surface area contributed by atoms with E-state index in [-0.39, 0.29) is 6.04 Å². The fraction of sp³-hybridized carbons (Fsp3) is 0.357. The molecule has 2 aromatic rings. The van der Waals surface area contributed by atoms with Gasteiger partial charge in [0.15, 0.2) is 0 Å². The van der Waals surface area contributed by atoms with E-state index in [4.69, 9.17) is 22.1 Å². The van der Waals surface area contributed by atoms with Crippen LogP contribution in [0.2, 0.25) is 5.02 Å². The van der Waals surface area contributed by atoms with E-state index < -0.39 is 0 Å². The summed E-state index contributed by atoms with van der Waals surface area (Å²) < 4.78 is 7.52. The fourth-order valence-electron chi connectivity index (χ4n) is 1.83. The number of rotatable bonds is 5. The lowest BCUT2D eigenvalue weighted by Crippen LogP contribution is -2.07. The van der Waals surface area contributed by atoms with Gasteiger partial charge in [0.2, 0.25) is 0 Å². The Hall–Kier alpha value is -1.52. The number of ether oxygens (including phenoxy) is 1. The summed E-state index contributed by atoms with van der Waals surface area (Å²) in [4.78, 5) is 0. The Kier molecular flexibility index (Phi) is 4.45. The maximum Gasteiger partial charge on any atom is 0.137 e. The van der Waals surface area contributed by atoms with Crippen LogP contribution in [0.25, 0.3) is 0 Å². The van der Waals surface area contributed by atoms with E-state index in [1.54, 1.807) is 6.20 Å². The van der Waals surface area contributed by atoms with E-state index in [0.29, 0.717) is 17.4 Å². The van der Waals surface area contributed by atoms with Crippen molar-refractivity contribution in [2.75, 3.05) is 6.61 Å². The van der Waals surface area contributed by atoms with Gasteiger partial charge in [-0.2, -0.15) is 5.10 Å². The van der Waals surface area contributed by atoms with Gasteiger partial charge < -0.3 is 10.5 Å². The average molecular weight is 280 g/mol. The van der Waals surface area contributed by atoms with Crippen LogP contribution < -0.4 is 10.5 Å². The van der Waals surface area contributed by atoms with Crippen LogP contribution in [0.1, 0.15) is 24.2 Å². The highest BCUT2D eigenvalue weighted by Crippen LogP contribution is 2.27. The van der Waals surface area contributed by atoms with Crippen LogP contribution in [0.15, 0.2) is 30.5 Å². The molecule has 0 saturated carbocycles. The highest BCUT2D eigenvalue weighted by atomic mass is 35.5. The monoisotopic (exact) mass is 279 g/mol. The van der Waals surface area contributed by atoms with Gasteiger partial charge in [-0.25, -0.2) is 0 Å². The molecule has 2 rings (SSSR count). The second-order valence-corrected chi connectivity index (χ2v) is 4.93. The lowest BCUT2D eigenvalue weighted by Gasteiger charge is -2.11. The average Bonchev–Trinajstić information content (AvgIpc) is 2.77. The van der Waals surface area contributed by atoms with Gasteiger partial charge in [0.05, 0.1) is 11.6 Å². The second-order valence-electron chi connectivity index (χ2n) is 4.52. The van der Waals surface area contributed by atoms with Crippen LogP contribution >= 0.6 is 11.6 Å². The fourth-order valence-corrected chi connectivity index (χ4v) is 2.07. The largest absolute Gasteiger partial charge is 0.492 e. The van der Waals surface area contributed by atoms with Gasteiger partial charge in [0.1, 0.15) is 5.75 Å². The van der Waals surface area contributed by atoms with Crippen molar-refractivity contribution in [1.82, 2.24) is 9.78 Å². The predicted octanol–water partition coefficient (Wildman–Crippen LogP) is 2.71. The molecule has 19 heavy (non-hydrogen) atoms. The summed E-state index contributed by atoms with van der Waals surface area (Å²) in [6, 6.07) is 7.61. The molecule has 4 nitrogen and oxygen atoms in total. The van der Waals surface area contributed by atoms with Crippen LogP contribution in [0.4, 0.5) is 0 Å². The van der Waals surface area contributed by atoms with Crippen LogP contribution in [-0.4, -0.2) is 16.4 Å². The minimum Gasteiger partial charge on any atom is -0.492 e. The molecule has 1 heterocycles. The van der Waals surface area contributed by atoms with E-state index in [1.165, 1.54) is 0 Å². The van der Waals surface area contributed by atoms with Crippen molar-refractivity contribution in [2.45, 2.75) is 19.4 Å². The van der Waals surface area contributed by atoms with Crippen LogP contribution in [0.3, 0.4) is 0 Å². The Morgan fingerprint density at radius 3 is 2.79 bits per heavy atom. The van der Waals surface area contributed by atoms with Gasteiger partial charge in [-0.05, 0) is 30.7 Å². The number of hydrogen-bond acceptors (Lipinski definition) is 3. The molecule has 0 unspecified atom stereocenters. The summed E-state index contributed by atoms with van der Waals surface area (Å²) in [5, 5.41) is 4.71. The number of nitrogens with zero attached hydrogens (tertiary/aromatic N) is 2. The molecule has 0 bridgehead atoms. The molecule has 1 aromatic heterocycles. The number of nitrogens with two attached hydrogens (primary N) is 1. The molecular weight excluding hydrogens is 262 g/mol. The van der Waals surface area contributed by atoms with Crippen molar-refractivity contribution in [3.05, 3.63) is 46.7 Å². The van der Waals surface area contributed by atoms with Crippen molar-refractivity contribution in [3.63, 3.8) is 0 Å². The molecule has 1 atom stereocenters. The summed E-state index contributed by atoms with van der Waals surface area (Å²) >= 11 is 6.17. The Morgan fingerprint density at radius 2 is 2.21 bits per heavy atom. The van der Waals surface area contributed by atoms with Crippen molar-refractivity contribution >= 4 is 11.6 Å². The third-order valence-corrected chi connectivity index (χ3v) is 3.32. The number of aryl methyl sites for hydroxylation is 1. The molecule has 0 amide bonds. The minimum atomic E-state index is -0.0269. The van der Waals surface area contributed by atoms with E-state index >= 15 is 0 Å². The van der Waals surface area contributed by atoms with Gasteiger partial charge in [0, 0.05) is 31.4 Å². The number of benzene rings is 1. The summed E-state index contributed by atoms with van der Waals surface area (Å²) in [5.74, 6) is 0.688. The molecule has 5 heteroatoms. The van der Waals surface area contributed by atoms with Gasteiger partial charge in [-0.1, -0.05) is 17.7 Å². The standard InChI is InChI=1S/C14H18ClN3O/c1-10(16)11-3-4-14(13(15)9-11)19-8-6-12-5-7-17-18(12)2/h3-5,7,9-10H,6,8,16H2,1-2H3/t10-/m1/s1. The van der Waals surface area contributed by atoms with Crippen molar-refractivity contribution in [1.29, 1.82) is 0 Å². The van der Waals surface area contributed by atoms with Crippen LogP contribution in [0.5, 0.6) is 5.75 Å². The lowest BCUT2D eigenvalue weighted by molar-refractivity contribution is 0.318. The Balaban J connectivity index is 1.95. The van der Waals surface area contributed by atoms with E-state index in [1.807, 2.05) is 42.9 Å². The van der Waals surface area contributed by atoms with Crippen molar-refractivity contribution < 1.29 is 4.74 Å². The first-order chi connectivity index (χ1) is 9.08. The third kappa shape index (κ3) is 3.49. The van der Waals surface area contributed by atoms with Gasteiger partial charge >= 0.3 is 0 Å². The van der Waals surface area contributed by atoms with Gasteiger partial charge in [0.25, 0.3) is 0 Å². The zero-order valence-corrected chi connectivity index (χ0v) is 11.9. The first-order valence-corrected chi connectivity index (χ1v) is 6.60. The highest BCUT2D eigenvalue weighted by Gasteiger charge is 2.06. The van der Waals surface area contributed by atoms with Gasteiger partial charge in [-0.15, -0.1) is 0 Å². The minimum absolute atomic E-state index is 0.0269. The predicted molar refractivity (Wildman–Crippen MR) is 76.5 cm³/mol. The molecule has 0 fully saturated rings. The molecule has 1 aromatic carbocycles. The van der Waals surface area contributed by atoms with Crippen molar-refractivity contribution in [2.24, 2.45) is 12.8 Å². The number of hydrogen-bond donors (Lipinski definition) is 1. The number of aromatic nitrogens is 2. The Bertz CT molecular complexity index is 551. The summed E-state index contributed by atoms with van der Waals surface area (Å²) in [7, 11) is 1.92. The molecule has 0 radical (unpaired) electrons. The smallest absolute Gasteiger partial charge is 0.137 e. The molecule has 0 spiro atoms. The number of halogens is 1. The molecule has 102 valence electrons. The Labute approximate surface area is 118 Å². The van der Waals surface area contributed by atoms with E-state index in [0.717, 1.165) is 17.7 Å². The van der Waals surface area contributed by atoms with Crippen molar-refractivity contribution in [3.8, 4) is 5.75 Å². The topological polar surface area (TPSA) is 53.1 Å². The third-order valence-electron chi connectivity index (χ3n) is 3.02. The molecular formula is C14H18ClN3O. The first kappa shape index (κ1) is 13.9. The second kappa shape index (κ2) is 6.08. The lowest BCUT2D eigenvalue weighted by atomic mass is 10.1.